The summed E-state index contributed by atoms with van der Waals surface area (Å²) in [5.41, 5.74) is 0.632. The van der Waals surface area contributed by atoms with E-state index in [9.17, 15) is 9.59 Å². The molecule has 0 bridgehead atoms. The second kappa shape index (κ2) is 4.40. The number of benzene rings is 1. The lowest BCUT2D eigenvalue weighted by atomic mass is 10.1. The molecule has 1 radical (unpaired) electrons. The van der Waals surface area contributed by atoms with Crippen molar-refractivity contribution >= 4 is 12.3 Å². The van der Waals surface area contributed by atoms with Gasteiger partial charge in [0.05, 0.1) is 0 Å². The highest BCUT2D eigenvalue weighted by atomic mass is 16.5. The Labute approximate surface area is 76.3 Å². The molecule has 13 heavy (non-hydrogen) atoms. The summed E-state index contributed by atoms with van der Waals surface area (Å²) < 4.78 is 4.72. The van der Waals surface area contributed by atoms with Crippen molar-refractivity contribution in [2.75, 3.05) is 0 Å². The first-order valence-electron chi connectivity index (χ1n) is 3.84. The minimum absolute atomic E-state index is 0.489. The molecule has 3 heteroatoms. The third kappa shape index (κ3) is 2.71. The Morgan fingerprint density at radius 2 is 2.00 bits per heavy atom. The first-order chi connectivity index (χ1) is 6.24. The largest absolute Gasteiger partial charge is 0.449 e. The van der Waals surface area contributed by atoms with Crippen LogP contribution < -0.4 is 0 Å². The Morgan fingerprint density at radius 1 is 1.38 bits per heavy atom. The number of hydrogen-bond donors (Lipinski definition) is 0. The van der Waals surface area contributed by atoms with Crippen LogP contribution in [0.5, 0.6) is 0 Å². The summed E-state index contributed by atoms with van der Waals surface area (Å²) >= 11 is 0. The minimum atomic E-state index is -0.904. The SMILES string of the molecule is CC(=O)O[C@H]([C]=O)c1ccccc1. The van der Waals surface area contributed by atoms with Crippen LogP contribution in [0, 0.1) is 0 Å². The van der Waals surface area contributed by atoms with Crippen molar-refractivity contribution in [1.82, 2.24) is 0 Å². The van der Waals surface area contributed by atoms with Gasteiger partial charge in [-0.05, 0) is 0 Å². The van der Waals surface area contributed by atoms with E-state index in [0.717, 1.165) is 0 Å². The van der Waals surface area contributed by atoms with E-state index in [2.05, 4.69) is 0 Å². The predicted octanol–water partition coefficient (Wildman–Crippen LogP) is 1.40. The highest BCUT2D eigenvalue weighted by molar-refractivity contribution is 5.71. The fraction of sp³-hybridized carbons (Fsp3) is 0.200. The molecule has 3 nitrogen and oxygen atoms in total. The molecule has 0 N–H and O–H groups in total. The van der Waals surface area contributed by atoms with Gasteiger partial charge in [0.15, 0.2) is 6.10 Å². The average Bonchev–Trinajstić information content (AvgIpc) is 2.15. The quantitative estimate of drug-likeness (QED) is 0.655. The van der Waals surface area contributed by atoms with E-state index in [4.69, 9.17) is 4.74 Å². The molecule has 0 aliphatic heterocycles. The summed E-state index contributed by atoms with van der Waals surface area (Å²) in [4.78, 5) is 21.0. The molecule has 0 aromatic heterocycles. The van der Waals surface area contributed by atoms with Crippen LogP contribution in [0.4, 0.5) is 0 Å². The van der Waals surface area contributed by atoms with Gasteiger partial charge in [-0.1, -0.05) is 30.3 Å². The molecular formula is C10H9O3. The second-order valence-corrected chi connectivity index (χ2v) is 2.52. The van der Waals surface area contributed by atoms with Crippen molar-refractivity contribution in [3.8, 4) is 0 Å². The van der Waals surface area contributed by atoms with E-state index >= 15 is 0 Å². The van der Waals surface area contributed by atoms with E-state index in [1.807, 2.05) is 6.07 Å². The molecule has 0 unspecified atom stereocenters. The summed E-state index contributed by atoms with van der Waals surface area (Å²) in [6.07, 6.45) is 0.753. The monoisotopic (exact) mass is 177 g/mol. The van der Waals surface area contributed by atoms with Gasteiger partial charge in [-0.2, -0.15) is 0 Å². The first-order valence-corrected chi connectivity index (χ1v) is 3.84. The van der Waals surface area contributed by atoms with Crippen LogP contribution in [-0.2, 0) is 14.3 Å². The number of ether oxygens (including phenoxy) is 1. The maximum absolute atomic E-state index is 10.6. The number of hydrogen-bond acceptors (Lipinski definition) is 3. The zero-order valence-corrected chi connectivity index (χ0v) is 7.19. The Balaban J connectivity index is 2.78. The van der Waals surface area contributed by atoms with Crippen LogP contribution in [0.15, 0.2) is 30.3 Å². The van der Waals surface area contributed by atoms with E-state index in [0.29, 0.717) is 5.56 Å². The van der Waals surface area contributed by atoms with E-state index in [-0.39, 0.29) is 0 Å². The van der Waals surface area contributed by atoms with Gasteiger partial charge in [0.1, 0.15) is 0 Å². The smallest absolute Gasteiger partial charge is 0.303 e. The van der Waals surface area contributed by atoms with Crippen LogP contribution in [0.25, 0.3) is 0 Å². The molecule has 1 rings (SSSR count). The van der Waals surface area contributed by atoms with Crippen molar-refractivity contribution in [3.05, 3.63) is 35.9 Å². The van der Waals surface area contributed by atoms with Gasteiger partial charge in [0.25, 0.3) is 0 Å². The average molecular weight is 177 g/mol. The summed E-state index contributed by atoms with van der Waals surface area (Å²) in [5.74, 6) is -0.489. The standard InChI is InChI=1S/C10H9O3/c1-8(12)13-10(7-11)9-5-3-2-4-6-9/h2-6,10H,1H3/t10-/m1/s1. The highest BCUT2D eigenvalue weighted by Crippen LogP contribution is 2.14. The van der Waals surface area contributed by atoms with Crippen LogP contribution in [0.2, 0.25) is 0 Å². The zero-order chi connectivity index (χ0) is 9.68. The molecule has 0 spiro atoms. The van der Waals surface area contributed by atoms with Crippen molar-refractivity contribution in [2.45, 2.75) is 13.0 Å². The van der Waals surface area contributed by atoms with Crippen LogP contribution in [0.3, 0.4) is 0 Å². The molecule has 0 amide bonds. The molecular weight excluding hydrogens is 168 g/mol. The van der Waals surface area contributed by atoms with E-state index < -0.39 is 12.1 Å². The van der Waals surface area contributed by atoms with Gasteiger partial charge in [-0.3, -0.25) is 9.59 Å². The van der Waals surface area contributed by atoms with Crippen molar-refractivity contribution in [2.24, 2.45) is 0 Å². The molecule has 0 aliphatic carbocycles. The van der Waals surface area contributed by atoms with Gasteiger partial charge < -0.3 is 4.74 Å². The van der Waals surface area contributed by atoms with Crippen molar-refractivity contribution < 1.29 is 14.3 Å². The number of carbonyl (C=O) groups excluding carboxylic acids is 2. The Kier molecular flexibility index (Phi) is 3.20. The highest BCUT2D eigenvalue weighted by Gasteiger charge is 2.13. The summed E-state index contributed by atoms with van der Waals surface area (Å²) in [6, 6.07) is 8.77. The Bertz CT molecular complexity index is 292. The minimum Gasteiger partial charge on any atom is -0.449 e. The van der Waals surface area contributed by atoms with Crippen LogP contribution >= 0.6 is 0 Å². The van der Waals surface area contributed by atoms with Crippen molar-refractivity contribution in [1.29, 1.82) is 0 Å². The van der Waals surface area contributed by atoms with Crippen LogP contribution in [-0.4, -0.2) is 12.3 Å². The number of carbonyl (C=O) groups is 1. The van der Waals surface area contributed by atoms with Crippen LogP contribution in [0.1, 0.15) is 18.6 Å². The van der Waals surface area contributed by atoms with Gasteiger partial charge >= 0.3 is 5.97 Å². The molecule has 0 heterocycles. The van der Waals surface area contributed by atoms with Gasteiger partial charge in [0.2, 0.25) is 6.29 Å². The third-order valence-corrected chi connectivity index (χ3v) is 1.49. The second-order valence-electron chi connectivity index (χ2n) is 2.52. The maximum atomic E-state index is 10.6. The molecule has 1 aromatic carbocycles. The molecule has 67 valence electrons. The normalized spacial score (nSPS) is 11.8. The summed E-state index contributed by atoms with van der Waals surface area (Å²) in [5, 5.41) is 0. The number of esters is 1. The Hall–Kier alpha value is -1.64. The van der Waals surface area contributed by atoms with E-state index in [1.165, 1.54) is 6.92 Å². The fourth-order valence-electron chi connectivity index (χ4n) is 0.954. The maximum Gasteiger partial charge on any atom is 0.303 e. The van der Waals surface area contributed by atoms with Crippen molar-refractivity contribution in [3.63, 3.8) is 0 Å². The van der Waals surface area contributed by atoms with E-state index in [1.54, 1.807) is 30.6 Å². The third-order valence-electron chi connectivity index (χ3n) is 1.49. The lowest BCUT2D eigenvalue weighted by molar-refractivity contribution is -0.143. The van der Waals surface area contributed by atoms with Gasteiger partial charge in [-0.15, -0.1) is 0 Å². The lowest BCUT2D eigenvalue weighted by Crippen LogP contribution is -2.09. The number of rotatable bonds is 3. The fourth-order valence-corrected chi connectivity index (χ4v) is 0.954. The molecule has 1 atom stereocenters. The van der Waals surface area contributed by atoms with Gasteiger partial charge in [-0.25, -0.2) is 0 Å². The zero-order valence-electron chi connectivity index (χ0n) is 7.19. The first kappa shape index (κ1) is 9.45. The molecule has 0 fully saturated rings. The molecule has 0 aliphatic rings. The Morgan fingerprint density at radius 3 is 2.46 bits per heavy atom. The van der Waals surface area contributed by atoms with Gasteiger partial charge in [0, 0.05) is 12.5 Å². The molecule has 0 saturated heterocycles. The summed E-state index contributed by atoms with van der Waals surface area (Å²) in [7, 11) is 0. The predicted molar refractivity (Wildman–Crippen MR) is 46.6 cm³/mol. The summed E-state index contributed by atoms with van der Waals surface area (Å²) in [6.45, 7) is 1.26. The topological polar surface area (TPSA) is 43.4 Å². The lowest BCUT2D eigenvalue weighted by Gasteiger charge is -2.08. The molecule has 1 aromatic rings. The molecule has 0 saturated carbocycles.